The van der Waals surface area contributed by atoms with Gasteiger partial charge in [0.2, 0.25) is 5.91 Å². The predicted octanol–water partition coefficient (Wildman–Crippen LogP) is 0.344. The second-order valence-corrected chi connectivity index (χ2v) is 6.08. The van der Waals surface area contributed by atoms with Gasteiger partial charge < -0.3 is 15.3 Å². The third-order valence-corrected chi connectivity index (χ3v) is 3.99. The zero-order chi connectivity index (χ0) is 16.3. The minimum Gasteiger partial charge on any atom is -0.386 e. The van der Waals surface area contributed by atoms with Crippen molar-refractivity contribution in [1.82, 2.24) is 20.1 Å². The maximum Gasteiger partial charge on any atom is 0.241 e. The molecule has 0 bridgehead atoms. The van der Waals surface area contributed by atoms with Gasteiger partial charge in [0.05, 0.1) is 6.20 Å². The molecule has 2 aromatic heterocycles. The van der Waals surface area contributed by atoms with Crippen LogP contribution in [0.5, 0.6) is 0 Å². The number of nitrogens with one attached hydrogen (secondary N) is 1. The molecule has 0 spiro atoms. The van der Waals surface area contributed by atoms with Crippen LogP contribution in [-0.4, -0.2) is 51.0 Å². The number of hydrogen-bond acceptors (Lipinski definition) is 5. The third kappa shape index (κ3) is 3.87. The van der Waals surface area contributed by atoms with Gasteiger partial charge in [-0.2, -0.15) is 5.10 Å². The first-order valence-corrected chi connectivity index (χ1v) is 7.68. The number of nitrogens with zero attached hydrogens (tertiary/aromatic N) is 4. The monoisotopic (exact) mass is 315 g/mol. The van der Waals surface area contributed by atoms with Crippen molar-refractivity contribution in [2.75, 3.05) is 24.5 Å². The van der Waals surface area contributed by atoms with E-state index < -0.39 is 5.60 Å². The van der Waals surface area contributed by atoms with Crippen molar-refractivity contribution in [3.05, 3.63) is 42.4 Å². The first-order chi connectivity index (χ1) is 11.0. The molecule has 0 aromatic carbocycles. The highest BCUT2D eigenvalue weighted by atomic mass is 16.3. The van der Waals surface area contributed by atoms with Crippen molar-refractivity contribution < 1.29 is 9.90 Å². The summed E-state index contributed by atoms with van der Waals surface area (Å²) in [5.74, 6) is 0.694. The van der Waals surface area contributed by atoms with Crippen LogP contribution < -0.4 is 10.2 Å². The molecule has 1 aliphatic heterocycles. The van der Waals surface area contributed by atoms with E-state index in [0.29, 0.717) is 13.0 Å². The molecule has 1 aliphatic rings. The Morgan fingerprint density at radius 1 is 1.48 bits per heavy atom. The Morgan fingerprint density at radius 3 is 3.04 bits per heavy atom. The number of hydrogen-bond donors (Lipinski definition) is 2. The van der Waals surface area contributed by atoms with E-state index in [1.54, 1.807) is 17.1 Å². The minimum atomic E-state index is -0.923. The lowest BCUT2D eigenvalue weighted by Crippen LogP contribution is -2.45. The second-order valence-electron chi connectivity index (χ2n) is 6.08. The van der Waals surface area contributed by atoms with Crippen LogP contribution in [0, 0.1) is 6.92 Å². The number of rotatable bonds is 5. The van der Waals surface area contributed by atoms with E-state index >= 15 is 0 Å². The van der Waals surface area contributed by atoms with Gasteiger partial charge in [0.15, 0.2) is 0 Å². The highest BCUT2D eigenvalue weighted by Crippen LogP contribution is 2.24. The van der Waals surface area contributed by atoms with Crippen LogP contribution in [0.3, 0.4) is 0 Å². The lowest BCUT2D eigenvalue weighted by Gasteiger charge is -2.24. The molecule has 1 atom stereocenters. The molecule has 122 valence electrons. The fraction of sp³-hybridized carbons (Fsp3) is 0.438. The summed E-state index contributed by atoms with van der Waals surface area (Å²) in [6.45, 7) is 3.51. The van der Waals surface area contributed by atoms with E-state index in [4.69, 9.17) is 0 Å². The smallest absolute Gasteiger partial charge is 0.241 e. The van der Waals surface area contributed by atoms with E-state index in [-0.39, 0.29) is 19.0 Å². The first kappa shape index (κ1) is 15.5. The van der Waals surface area contributed by atoms with Crippen LogP contribution in [0.1, 0.15) is 12.0 Å². The van der Waals surface area contributed by atoms with Crippen molar-refractivity contribution in [2.45, 2.75) is 25.5 Å². The van der Waals surface area contributed by atoms with Gasteiger partial charge in [-0.15, -0.1) is 0 Å². The van der Waals surface area contributed by atoms with Gasteiger partial charge in [0.25, 0.3) is 0 Å². The molecule has 3 rings (SSSR count). The fourth-order valence-corrected chi connectivity index (χ4v) is 2.76. The lowest BCUT2D eigenvalue weighted by atomic mass is 10.0. The molecule has 0 aliphatic carbocycles. The minimum absolute atomic E-state index is 0.155. The molecule has 2 N–H and O–H groups in total. The molecule has 0 unspecified atom stereocenters. The van der Waals surface area contributed by atoms with Crippen LogP contribution in [-0.2, 0) is 11.3 Å². The summed E-state index contributed by atoms with van der Waals surface area (Å²) in [6, 6.07) is 5.71. The molecule has 7 heteroatoms. The number of aryl methyl sites for hydroxylation is 1. The predicted molar refractivity (Wildman–Crippen MR) is 86.0 cm³/mol. The number of aromatic nitrogens is 3. The van der Waals surface area contributed by atoms with Crippen LogP contribution in [0.15, 0.2) is 36.8 Å². The van der Waals surface area contributed by atoms with Crippen molar-refractivity contribution in [1.29, 1.82) is 0 Å². The SMILES string of the molecule is Cc1cnn(CC(=O)NC[C@@]2(O)CCN(c3ccccn3)C2)c1. The van der Waals surface area contributed by atoms with E-state index in [2.05, 4.69) is 15.4 Å². The molecule has 0 radical (unpaired) electrons. The van der Waals surface area contributed by atoms with Gasteiger partial charge in [-0.25, -0.2) is 4.98 Å². The van der Waals surface area contributed by atoms with E-state index in [9.17, 15) is 9.90 Å². The van der Waals surface area contributed by atoms with Crippen molar-refractivity contribution in [3.8, 4) is 0 Å². The third-order valence-electron chi connectivity index (χ3n) is 3.99. The van der Waals surface area contributed by atoms with Crippen LogP contribution in [0.25, 0.3) is 0 Å². The molecule has 0 saturated carbocycles. The first-order valence-electron chi connectivity index (χ1n) is 7.68. The summed E-state index contributed by atoms with van der Waals surface area (Å²) in [7, 11) is 0. The zero-order valence-electron chi connectivity index (χ0n) is 13.1. The Hall–Kier alpha value is -2.41. The number of aliphatic hydroxyl groups is 1. The molecule has 2 aromatic rings. The van der Waals surface area contributed by atoms with Crippen molar-refractivity contribution in [3.63, 3.8) is 0 Å². The molecule has 3 heterocycles. The summed E-state index contributed by atoms with van der Waals surface area (Å²) in [4.78, 5) is 18.3. The summed E-state index contributed by atoms with van der Waals surface area (Å²) in [6.07, 6.45) is 5.86. The molecular formula is C16H21N5O2. The number of anilines is 1. The van der Waals surface area contributed by atoms with E-state index in [1.165, 1.54) is 0 Å². The lowest BCUT2D eigenvalue weighted by molar-refractivity contribution is -0.122. The number of amides is 1. The Bertz CT molecular complexity index is 672. The molecule has 1 saturated heterocycles. The average molecular weight is 315 g/mol. The summed E-state index contributed by atoms with van der Waals surface area (Å²) >= 11 is 0. The molecule has 1 amide bonds. The Balaban J connectivity index is 1.51. The summed E-state index contributed by atoms with van der Waals surface area (Å²) in [5, 5.41) is 17.5. The Kier molecular flexibility index (Phi) is 4.29. The van der Waals surface area contributed by atoms with Crippen molar-refractivity contribution in [2.24, 2.45) is 0 Å². The Morgan fingerprint density at radius 2 is 2.35 bits per heavy atom. The van der Waals surface area contributed by atoms with Gasteiger partial charge in [0, 0.05) is 32.0 Å². The van der Waals surface area contributed by atoms with Crippen LogP contribution in [0.2, 0.25) is 0 Å². The van der Waals surface area contributed by atoms with Crippen LogP contribution in [0.4, 0.5) is 5.82 Å². The van der Waals surface area contributed by atoms with Crippen molar-refractivity contribution >= 4 is 11.7 Å². The highest BCUT2D eigenvalue weighted by molar-refractivity contribution is 5.75. The van der Waals surface area contributed by atoms with E-state index in [0.717, 1.165) is 17.9 Å². The standard InChI is InChI=1S/C16H21N5O2/c1-13-8-19-21(9-13)10-15(22)18-11-16(23)5-7-20(12-16)14-4-2-3-6-17-14/h2-4,6,8-9,23H,5,7,10-12H2,1H3,(H,18,22)/t16-/m0/s1. The number of carbonyl (C=O) groups excluding carboxylic acids is 1. The average Bonchev–Trinajstić information content (AvgIpc) is 3.13. The van der Waals surface area contributed by atoms with Gasteiger partial charge in [0.1, 0.15) is 18.0 Å². The van der Waals surface area contributed by atoms with Crippen LogP contribution >= 0.6 is 0 Å². The van der Waals surface area contributed by atoms with Gasteiger partial charge in [-0.05, 0) is 31.0 Å². The largest absolute Gasteiger partial charge is 0.386 e. The van der Waals surface area contributed by atoms with Gasteiger partial charge in [-0.3, -0.25) is 9.48 Å². The summed E-state index contributed by atoms with van der Waals surface area (Å²) in [5.41, 5.74) is 0.0888. The molecule has 23 heavy (non-hydrogen) atoms. The fourth-order valence-electron chi connectivity index (χ4n) is 2.76. The molecule has 7 nitrogen and oxygen atoms in total. The zero-order valence-corrected chi connectivity index (χ0v) is 13.1. The van der Waals surface area contributed by atoms with E-state index in [1.807, 2.05) is 36.2 Å². The highest BCUT2D eigenvalue weighted by Gasteiger charge is 2.36. The normalized spacial score (nSPS) is 20.7. The maximum atomic E-state index is 12.0. The number of pyridine rings is 1. The topological polar surface area (TPSA) is 83.3 Å². The quantitative estimate of drug-likeness (QED) is 0.831. The van der Waals surface area contributed by atoms with Gasteiger partial charge >= 0.3 is 0 Å². The Labute approximate surface area is 134 Å². The summed E-state index contributed by atoms with van der Waals surface area (Å²) < 4.78 is 1.59. The molecular weight excluding hydrogens is 294 g/mol. The second kappa shape index (κ2) is 6.37. The number of β-amino-alcohol motifs (C(OH)–C–C–N with tert-alkyl or cyclic N) is 1. The number of carbonyl (C=O) groups is 1. The van der Waals surface area contributed by atoms with Gasteiger partial charge in [-0.1, -0.05) is 6.07 Å². The molecule has 1 fully saturated rings. The maximum absolute atomic E-state index is 12.0.